The van der Waals surface area contributed by atoms with Crippen LogP contribution in [0.3, 0.4) is 0 Å². The minimum absolute atomic E-state index is 0.00504. The van der Waals surface area contributed by atoms with Crippen LogP contribution < -0.4 is 5.32 Å². The molecule has 0 aromatic heterocycles. The smallest absolute Gasteiger partial charge is 0.252 e. The summed E-state index contributed by atoms with van der Waals surface area (Å²) in [6, 6.07) is 10.5. The predicted molar refractivity (Wildman–Crippen MR) is 103 cm³/mol. The Morgan fingerprint density at radius 1 is 1.21 bits per heavy atom. The first-order valence-electron chi connectivity index (χ1n) is 8.97. The number of hydrogen-bond acceptors (Lipinski definition) is 5. The van der Waals surface area contributed by atoms with Gasteiger partial charge >= 0.3 is 0 Å². The highest BCUT2D eigenvalue weighted by atomic mass is 32.2. The summed E-state index contributed by atoms with van der Waals surface area (Å²) in [6.45, 7) is 2.82. The van der Waals surface area contributed by atoms with Crippen LogP contribution in [0.4, 0.5) is 4.39 Å². The van der Waals surface area contributed by atoms with Crippen LogP contribution in [-0.2, 0) is 14.8 Å². The molecule has 1 amide bonds. The van der Waals surface area contributed by atoms with Crippen LogP contribution in [0.1, 0.15) is 27.5 Å². The van der Waals surface area contributed by atoms with Gasteiger partial charge < -0.3 is 10.1 Å². The number of nitrogens with one attached hydrogen (secondary N) is 1. The van der Waals surface area contributed by atoms with Gasteiger partial charge in [-0.2, -0.15) is 9.57 Å². The van der Waals surface area contributed by atoms with Gasteiger partial charge in [0.25, 0.3) is 5.91 Å². The summed E-state index contributed by atoms with van der Waals surface area (Å²) in [5.41, 5.74) is 1.15. The fourth-order valence-electron chi connectivity index (χ4n) is 3.00. The van der Waals surface area contributed by atoms with E-state index < -0.39 is 27.8 Å². The van der Waals surface area contributed by atoms with Crippen LogP contribution in [0, 0.1) is 24.1 Å². The third kappa shape index (κ3) is 4.62. The highest BCUT2D eigenvalue weighted by Gasteiger charge is 2.27. The van der Waals surface area contributed by atoms with E-state index in [4.69, 9.17) is 4.74 Å². The molecule has 1 saturated heterocycles. The quantitative estimate of drug-likeness (QED) is 0.804. The topological polar surface area (TPSA) is 99.5 Å². The Hall–Kier alpha value is -2.80. The zero-order valence-corrected chi connectivity index (χ0v) is 16.6. The number of nitrogens with zero attached hydrogens (tertiary/aromatic N) is 2. The molecule has 1 heterocycles. The second-order valence-electron chi connectivity index (χ2n) is 6.58. The van der Waals surface area contributed by atoms with Crippen molar-refractivity contribution in [3.63, 3.8) is 0 Å². The van der Waals surface area contributed by atoms with Gasteiger partial charge in [0.2, 0.25) is 10.0 Å². The van der Waals surface area contributed by atoms with Gasteiger partial charge in [-0.05, 0) is 42.3 Å². The Morgan fingerprint density at radius 3 is 2.48 bits per heavy atom. The van der Waals surface area contributed by atoms with E-state index in [1.165, 1.54) is 40.7 Å². The molecule has 1 aliphatic heterocycles. The molecular formula is C20H20FN3O4S. The summed E-state index contributed by atoms with van der Waals surface area (Å²) in [7, 11) is -3.76. The number of rotatable bonds is 5. The first-order valence-corrected chi connectivity index (χ1v) is 10.4. The van der Waals surface area contributed by atoms with Crippen LogP contribution in [0.5, 0.6) is 0 Å². The molecule has 7 nitrogen and oxygen atoms in total. The Balaban J connectivity index is 1.86. The van der Waals surface area contributed by atoms with E-state index >= 15 is 0 Å². The third-order valence-electron chi connectivity index (χ3n) is 4.67. The summed E-state index contributed by atoms with van der Waals surface area (Å²) < 4.78 is 45.3. The molecule has 0 saturated carbocycles. The fourth-order valence-corrected chi connectivity index (χ4v) is 4.43. The van der Waals surface area contributed by atoms with Gasteiger partial charge in [0, 0.05) is 18.7 Å². The van der Waals surface area contributed by atoms with Crippen LogP contribution in [0.2, 0.25) is 0 Å². The van der Waals surface area contributed by atoms with E-state index in [2.05, 4.69) is 5.32 Å². The first-order chi connectivity index (χ1) is 13.8. The standard InChI is InChI=1S/C20H20FN3O4S/c1-14-2-7-17(29(26,27)24-8-10-28-11-9-24)12-18(14)20(25)23-19(13-22)15-3-5-16(21)6-4-15/h2-7,12,19H,8-11H2,1H3,(H,23,25)/t19-/m1/s1. The number of hydrogen-bond donors (Lipinski definition) is 1. The minimum Gasteiger partial charge on any atom is -0.379 e. The summed E-state index contributed by atoms with van der Waals surface area (Å²) in [5.74, 6) is -1.04. The van der Waals surface area contributed by atoms with Gasteiger partial charge in [0.15, 0.2) is 0 Å². The van der Waals surface area contributed by atoms with Crippen molar-refractivity contribution in [2.24, 2.45) is 0 Å². The molecule has 1 N–H and O–H groups in total. The fraction of sp³-hybridized carbons (Fsp3) is 0.300. The summed E-state index contributed by atoms with van der Waals surface area (Å²) in [5, 5.41) is 12.0. The molecular weight excluding hydrogens is 397 g/mol. The number of aryl methyl sites for hydroxylation is 1. The summed E-state index contributed by atoms with van der Waals surface area (Å²) in [6.07, 6.45) is 0. The van der Waals surface area contributed by atoms with Crippen molar-refractivity contribution in [1.29, 1.82) is 5.26 Å². The Labute approximate surface area is 168 Å². The molecule has 3 rings (SSSR count). The Kier molecular flexibility index (Phi) is 6.27. The van der Waals surface area contributed by atoms with E-state index in [1.807, 2.05) is 6.07 Å². The van der Waals surface area contributed by atoms with E-state index in [1.54, 1.807) is 13.0 Å². The van der Waals surface area contributed by atoms with Crippen molar-refractivity contribution < 1.29 is 22.3 Å². The van der Waals surface area contributed by atoms with Gasteiger partial charge in [-0.15, -0.1) is 0 Å². The normalized spacial score (nSPS) is 16.0. The van der Waals surface area contributed by atoms with Crippen molar-refractivity contribution in [2.75, 3.05) is 26.3 Å². The van der Waals surface area contributed by atoms with Crippen molar-refractivity contribution >= 4 is 15.9 Å². The molecule has 2 aromatic rings. The minimum atomic E-state index is -3.76. The average molecular weight is 417 g/mol. The molecule has 1 atom stereocenters. The lowest BCUT2D eigenvalue weighted by molar-refractivity contribution is 0.0730. The lowest BCUT2D eigenvalue weighted by Crippen LogP contribution is -2.40. The number of halogens is 1. The second-order valence-corrected chi connectivity index (χ2v) is 8.52. The molecule has 9 heteroatoms. The molecule has 0 radical (unpaired) electrons. The van der Waals surface area contributed by atoms with Gasteiger partial charge in [-0.1, -0.05) is 18.2 Å². The van der Waals surface area contributed by atoms with Gasteiger partial charge in [0.05, 0.1) is 24.2 Å². The van der Waals surface area contributed by atoms with Crippen molar-refractivity contribution in [3.05, 3.63) is 65.0 Å². The predicted octanol–water partition coefficient (Wildman–Crippen LogP) is 2.15. The van der Waals surface area contributed by atoms with E-state index in [0.717, 1.165) is 0 Å². The number of morpholine rings is 1. The number of nitriles is 1. The average Bonchev–Trinajstić information content (AvgIpc) is 2.73. The zero-order chi connectivity index (χ0) is 21.0. The van der Waals surface area contributed by atoms with Crippen LogP contribution >= 0.6 is 0 Å². The van der Waals surface area contributed by atoms with Gasteiger partial charge in [-0.3, -0.25) is 4.79 Å². The zero-order valence-electron chi connectivity index (χ0n) is 15.8. The molecule has 0 aliphatic carbocycles. The maximum atomic E-state index is 13.1. The first kappa shape index (κ1) is 20.9. The number of amides is 1. The van der Waals surface area contributed by atoms with Crippen molar-refractivity contribution in [3.8, 4) is 6.07 Å². The van der Waals surface area contributed by atoms with E-state index in [9.17, 15) is 22.9 Å². The number of benzene rings is 2. The number of carbonyl (C=O) groups is 1. The van der Waals surface area contributed by atoms with Crippen LogP contribution in [-0.4, -0.2) is 44.9 Å². The summed E-state index contributed by atoms with van der Waals surface area (Å²) >= 11 is 0. The monoisotopic (exact) mass is 417 g/mol. The van der Waals surface area contributed by atoms with Crippen molar-refractivity contribution in [2.45, 2.75) is 17.9 Å². The Morgan fingerprint density at radius 2 is 1.86 bits per heavy atom. The second kappa shape index (κ2) is 8.69. The van der Waals surface area contributed by atoms with Gasteiger partial charge in [-0.25, -0.2) is 12.8 Å². The number of sulfonamides is 1. The molecule has 0 bridgehead atoms. The summed E-state index contributed by atoms with van der Waals surface area (Å²) in [4.78, 5) is 12.8. The molecule has 1 aliphatic rings. The maximum Gasteiger partial charge on any atom is 0.252 e. The Bertz CT molecular complexity index is 1040. The highest BCUT2D eigenvalue weighted by Crippen LogP contribution is 2.22. The molecule has 1 fully saturated rings. The molecule has 29 heavy (non-hydrogen) atoms. The SMILES string of the molecule is Cc1ccc(S(=O)(=O)N2CCOCC2)cc1C(=O)N[C@H](C#N)c1ccc(F)cc1. The molecule has 0 spiro atoms. The molecule has 0 unspecified atom stereocenters. The van der Waals surface area contributed by atoms with E-state index in [-0.39, 0.29) is 23.5 Å². The number of ether oxygens (including phenoxy) is 1. The van der Waals surface area contributed by atoms with E-state index in [0.29, 0.717) is 24.3 Å². The van der Waals surface area contributed by atoms with Crippen LogP contribution in [0.25, 0.3) is 0 Å². The maximum absolute atomic E-state index is 13.1. The van der Waals surface area contributed by atoms with Crippen LogP contribution in [0.15, 0.2) is 47.4 Å². The lowest BCUT2D eigenvalue weighted by atomic mass is 10.1. The third-order valence-corrected chi connectivity index (χ3v) is 6.56. The van der Waals surface area contributed by atoms with Crippen molar-refractivity contribution in [1.82, 2.24) is 9.62 Å². The molecule has 2 aromatic carbocycles. The molecule has 152 valence electrons. The van der Waals surface area contributed by atoms with Gasteiger partial charge in [0.1, 0.15) is 11.9 Å². The highest BCUT2D eigenvalue weighted by molar-refractivity contribution is 7.89. The largest absolute Gasteiger partial charge is 0.379 e. The lowest BCUT2D eigenvalue weighted by Gasteiger charge is -2.26. The number of carbonyl (C=O) groups excluding carboxylic acids is 1.